The van der Waals surface area contributed by atoms with E-state index in [1.165, 1.54) is 25.4 Å². The van der Waals surface area contributed by atoms with E-state index in [0.717, 1.165) is 6.42 Å². The predicted molar refractivity (Wildman–Crippen MR) is 76.6 cm³/mol. The molecule has 0 saturated carbocycles. The van der Waals surface area contributed by atoms with Gasteiger partial charge in [0.2, 0.25) is 5.78 Å². The lowest BCUT2D eigenvalue weighted by Gasteiger charge is -2.08. The number of hydrogen-bond acceptors (Lipinski definition) is 3. The smallest absolute Gasteiger partial charge is 0.214 e. The van der Waals surface area contributed by atoms with E-state index in [0.29, 0.717) is 22.5 Å². The highest BCUT2D eigenvalue weighted by molar-refractivity contribution is 9.10. The maximum atomic E-state index is 13.4. The molecule has 0 saturated heterocycles. The van der Waals surface area contributed by atoms with Crippen molar-refractivity contribution >= 4 is 21.7 Å². The van der Waals surface area contributed by atoms with Crippen LogP contribution in [0, 0.1) is 5.82 Å². The molecule has 1 aromatic carbocycles. The monoisotopic (exact) mass is 340 g/mol. The van der Waals surface area contributed by atoms with Crippen molar-refractivity contribution in [3.05, 3.63) is 45.9 Å². The molecule has 106 valence electrons. The molecule has 0 aliphatic rings. The minimum atomic E-state index is -0.469. The summed E-state index contributed by atoms with van der Waals surface area (Å²) in [6.07, 6.45) is 2.33. The van der Waals surface area contributed by atoms with Crippen molar-refractivity contribution in [2.75, 3.05) is 7.11 Å². The quantitative estimate of drug-likeness (QED) is 0.783. The molecular formula is C14H14BrFN2O2. The average molecular weight is 341 g/mol. The predicted octanol–water partition coefficient (Wildman–Crippen LogP) is 3.43. The number of aromatic nitrogens is 2. The highest BCUT2D eigenvalue weighted by atomic mass is 79.9. The van der Waals surface area contributed by atoms with Gasteiger partial charge in [0.15, 0.2) is 11.4 Å². The molecule has 0 radical (unpaired) electrons. The molecule has 0 atom stereocenters. The van der Waals surface area contributed by atoms with Crippen molar-refractivity contribution < 1.29 is 13.9 Å². The standard InChI is InChI=1S/C14H14BrFN2O2/c1-3-4-18-13(12(20-2)8-17-18)14(19)9-5-10(15)7-11(16)6-9/h5-8H,3-4H2,1-2H3. The molecule has 0 bridgehead atoms. The fourth-order valence-electron chi connectivity index (χ4n) is 1.95. The number of aryl methyl sites for hydroxylation is 1. The van der Waals surface area contributed by atoms with E-state index in [9.17, 15) is 9.18 Å². The van der Waals surface area contributed by atoms with Crippen LogP contribution in [0.4, 0.5) is 4.39 Å². The molecule has 0 fully saturated rings. The molecule has 1 aromatic heterocycles. The van der Waals surface area contributed by atoms with E-state index in [4.69, 9.17) is 4.74 Å². The molecule has 2 rings (SSSR count). The van der Waals surface area contributed by atoms with Crippen molar-refractivity contribution in [2.24, 2.45) is 0 Å². The third kappa shape index (κ3) is 2.90. The van der Waals surface area contributed by atoms with E-state index in [1.807, 2.05) is 6.92 Å². The van der Waals surface area contributed by atoms with Crippen LogP contribution in [0.5, 0.6) is 5.75 Å². The van der Waals surface area contributed by atoms with Gasteiger partial charge in [-0.1, -0.05) is 22.9 Å². The molecule has 0 spiro atoms. The first-order valence-electron chi connectivity index (χ1n) is 6.17. The third-order valence-electron chi connectivity index (χ3n) is 2.80. The van der Waals surface area contributed by atoms with Crippen LogP contribution >= 0.6 is 15.9 Å². The van der Waals surface area contributed by atoms with Crippen LogP contribution in [0.25, 0.3) is 0 Å². The van der Waals surface area contributed by atoms with E-state index in [2.05, 4.69) is 21.0 Å². The van der Waals surface area contributed by atoms with Gasteiger partial charge in [-0.2, -0.15) is 5.10 Å². The molecule has 20 heavy (non-hydrogen) atoms. The molecule has 0 aliphatic carbocycles. The fraction of sp³-hybridized carbons (Fsp3) is 0.286. The van der Waals surface area contributed by atoms with Gasteiger partial charge in [0.25, 0.3) is 0 Å². The average Bonchev–Trinajstić information content (AvgIpc) is 2.80. The molecule has 0 amide bonds. The van der Waals surface area contributed by atoms with Crippen LogP contribution in [0.2, 0.25) is 0 Å². The lowest BCUT2D eigenvalue weighted by atomic mass is 10.1. The summed E-state index contributed by atoms with van der Waals surface area (Å²) < 4.78 is 20.7. The number of hydrogen-bond donors (Lipinski definition) is 0. The van der Waals surface area contributed by atoms with E-state index in [1.54, 1.807) is 10.7 Å². The summed E-state index contributed by atoms with van der Waals surface area (Å²) in [6, 6.07) is 4.08. The number of nitrogens with zero attached hydrogens (tertiary/aromatic N) is 2. The largest absolute Gasteiger partial charge is 0.493 e. The lowest BCUT2D eigenvalue weighted by molar-refractivity contribution is 0.102. The van der Waals surface area contributed by atoms with E-state index >= 15 is 0 Å². The summed E-state index contributed by atoms with van der Waals surface area (Å²) in [5, 5.41) is 4.13. The zero-order chi connectivity index (χ0) is 14.7. The minimum absolute atomic E-state index is 0.257. The lowest BCUT2D eigenvalue weighted by Crippen LogP contribution is -2.13. The second-order valence-corrected chi connectivity index (χ2v) is 5.19. The number of carbonyl (C=O) groups excluding carboxylic acids is 1. The number of halogens is 2. The summed E-state index contributed by atoms with van der Waals surface area (Å²) in [6.45, 7) is 2.59. The van der Waals surface area contributed by atoms with Gasteiger partial charge < -0.3 is 4.74 Å². The van der Waals surface area contributed by atoms with Gasteiger partial charge in [-0.3, -0.25) is 9.48 Å². The molecule has 1 heterocycles. The summed E-state index contributed by atoms with van der Waals surface area (Å²) in [5.41, 5.74) is 0.597. The number of methoxy groups -OCH3 is 1. The number of carbonyl (C=O) groups is 1. The Kier molecular flexibility index (Phi) is 4.54. The molecule has 6 heteroatoms. The Hall–Kier alpha value is -1.69. The number of rotatable bonds is 5. The van der Waals surface area contributed by atoms with Crippen LogP contribution in [0.1, 0.15) is 29.4 Å². The van der Waals surface area contributed by atoms with E-state index in [-0.39, 0.29) is 11.3 Å². The second-order valence-electron chi connectivity index (χ2n) is 4.27. The van der Waals surface area contributed by atoms with Crippen LogP contribution in [0.3, 0.4) is 0 Å². The van der Waals surface area contributed by atoms with Gasteiger partial charge in [0, 0.05) is 16.6 Å². The summed E-state index contributed by atoms with van der Waals surface area (Å²) in [5.74, 6) is -0.389. The Labute approximate surface area is 124 Å². The Balaban J connectivity index is 2.49. The van der Waals surface area contributed by atoms with Gasteiger partial charge in [-0.05, 0) is 24.6 Å². The molecule has 4 nitrogen and oxygen atoms in total. The number of ketones is 1. The number of ether oxygens (including phenoxy) is 1. The van der Waals surface area contributed by atoms with Gasteiger partial charge in [0.1, 0.15) is 5.82 Å². The first-order valence-corrected chi connectivity index (χ1v) is 6.96. The zero-order valence-corrected chi connectivity index (χ0v) is 12.8. The van der Waals surface area contributed by atoms with Gasteiger partial charge >= 0.3 is 0 Å². The highest BCUT2D eigenvalue weighted by Gasteiger charge is 2.21. The van der Waals surface area contributed by atoms with Crippen molar-refractivity contribution in [3.63, 3.8) is 0 Å². The summed E-state index contributed by atoms with van der Waals surface area (Å²) >= 11 is 3.18. The first-order chi connectivity index (χ1) is 9.56. The molecule has 0 aliphatic heterocycles. The van der Waals surface area contributed by atoms with E-state index < -0.39 is 5.82 Å². The maximum Gasteiger partial charge on any atom is 0.214 e. The van der Waals surface area contributed by atoms with Crippen LogP contribution < -0.4 is 4.74 Å². The molecule has 0 N–H and O–H groups in total. The highest BCUT2D eigenvalue weighted by Crippen LogP contribution is 2.24. The molecular weight excluding hydrogens is 327 g/mol. The minimum Gasteiger partial charge on any atom is -0.493 e. The fourth-order valence-corrected chi connectivity index (χ4v) is 2.42. The second kappa shape index (κ2) is 6.17. The summed E-state index contributed by atoms with van der Waals surface area (Å²) in [7, 11) is 1.48. The van der Waals surface area contributed by atoms with Crippen molar-refractivity contribution in [1.29, 1.82) is 0 Å². The Bertz CT molecular complexity index is 620. The van der Waals surface area contributed by atoms with Crippen molar-refractivity contribution in [1.82, 2.24) is 9.78 Å². The SMILES string of the molecule is CCCn1ncc(OC)c1C(=O)c1cc(F)cc(Br)c1. The van der Waals surface area contributed by atoms with Crippen LogP contribution in [0.15, 0.2) is 28.9 Å². The van der Waals surface area contributed by atoms with Crippen LogP contribution in [-0.4, -0.2) is 22.7 Å². The van der Waals surface area contributed by atoms with Gasteiger partial charge in [0.05, 0.1) is 13.3 Å². The van der Waals surface area contributed by atoms with Crippen molar-refractivity contribution in [2.45, 2.75) is 19.9 Å². The van der Waals surface area contributed by atoms with Gasteiger partial charge in [-0.15, -0.1) is 0 Å². The zero-order valence-electron chi connectivity index (χ0n) is 11.2. The summed E-state index contributed by atoms with van der Waals surface area (Å²) in [4.78, 5) is 12.6. The third-order valence-corrected chi connectivity index (χ3v) is 3.26. The topological polar surface area (TPSA) is 44.1 Å². The Morgan fingerprint density at radius 1 is 1.45 bits per heavy atom. The van der Waals surface area contributed by atoms with Crippen molar-refractivity contribution in [3.8, 4) is 5.75 Å². The first kappa shape index (κ1) is 14.7. The van der Waals surface area contributed by atoms with Gasteiger partial charge in [-0.25, -0.2) is 4.39 Å². The van der Waals surface area contributed by atoms with Crippen LogP contribution in [-0.2, 0) is 6.54 Å². The number of benzene rings is 1. The normalized spacial score (nSPS) is 10.6. The Morgan fingerprint density at radius 2 is 2.20 bits per heavy atom. The molecule has 2 aromatic rings. The Morgan fingerprint density at radius 3 is 2.80 bits per heavy atom. The maximum absolute atomic E-state index is 13.4. The molecule has 0 unspecified atom stereocenters.